The highest BCUT2D eigenvalue weighted by atomic mass is 32.2. The highest BCUT2D eigenvalue weighted by Gasteiger charge is 2.20. The summed E-state index contributed by atoms with van der Waals surface area (Å²) in [6.45, 7) is 0.824. The van der Waals surface area contributed by atoms with E-state index in [2.05, 4.69) is 17.4 Å². The first kappa shape index (κ1) is 12.2. The van der Waals surface area contributed by atoms with E-state index in [1.807, 2.05) is 24.3 Å². The molecular formula is C14H12N2O2S. The Bertz CT molecular complexity index is 613. The Labute approximate surface area is 115 Å². The van der Waals surface area contributed by atoms with Crippen LogP contribution in [0.25, 0.3) is 0 Å². The first-order valence-electron chi connectivity index (χ1n) is 5.96. The van der Waals surface area contributed by atoms with Gasteiger partial charge in [0, 0.05) is 23.6 Å². The van der Waals surface area contributed by atoms with Gasteiger partial charge in [-0.05, 0) is 29.3 Å². The Hall–Kier alpha value is -1.85. The molecule has 4 nitrogen and oxygen atoms in total. The molecule has 2 aromatic carbocycles. The van der Waals surface area contributed by atoms with Gasteiger partial charge in [-0.3, -0.25) is 15.4 Å². The summed E-state index contributed by atoms with van der Waals surface area (Å²) in [6.07, 6.45) is 0. The average molecular weight is 272 g/mol. The van der Waals surface area contributed by atoms with E-state index in [0.29, 0.717) is 0 Å². The number of non-ortho nitro benzene ring substituents is 1. The van der Waals surface area contributed by atoms with E-state index in [-0.39, 0.29) is 16.0 Å². The number of hydrogen-bond acceptors (Lipinski definition) is 4. The Morgan fingerprint density at radius 2 is 1.89 bits per heavy atom. The van der Waals surface area contributed by atoms with Gasteiger partial charge in [-0.15, -0.1) is 11.8 Å². The molecule has 0 saturated heterocycles. The van der Waals surface area contributed by atoms with Gasteiger partial charge in [-0.1, -0.05) is 18.2 Å². The summed E-state index contributed by atoms with van der Waals surface area (Å²) < 4.78 is 0. The van der Waals surface area contributed by atoms with E-state index < -0.39 is 0 Å². The quantitative estimate of drug-likeness (QED) is 0.671. The van der Waals surface area contributed by atoms with E-state index in [1.165, 1.54) is 10.5 Å². The van der Waals surface area contributed by atoms with E-state index >= 15 is 0 Å². The van der Waals surface area contributed by atoms with Crippen LogP contribution in [0.5, 0.6) is 0 Å². The molecule has 1 aliphatic rings. The Morgan fingerprint density at radius 1 is 1.16 bits per heavy atom. The highest BCUT2D eigenvalue weighted by Crippen LogP contribution is 2.39. The summed E-state index contributed by atoms with van der Waals surface area (Å²) in [6, 6.07) is 15.0. The molecule has 1 heterocycles. The SMILES string of the molecule is O=[N+]([O-])c1ccc(C2NCc3ccccc3S2)cc1. The van der Waals surface area contributed by atoms with Gasteiger partial charge < -0.3 is 0 Å². The lowest BCUT2D eigenvalue weighted by Crippen LogP contribution is -2.22. The molecule has 0 radical (unpaired) electrons. The molecule has 1 N–H and O–H groups in total. The van der Waals surface area contributed by atoms with Crippen LogP contribution in [0.1, 0.15) is 16.5 Å². The van der Waals surface area contributed by atoms with E-state index in [9.17, 15) is 10.1 Å². The summed E-state index contributed by atoms with van der Waals surface area (Å²) in [5.74, 6) is 0. The van der Waals surface area contributed by atoms with Crippen molar-refractivity contribution in [3.8, 4) is 0 Å². The number of rotatable bonds is 2. The van der Waals surface area contributed by atoms with E-state index in [4.69, 9.17) is 0 Å². The van der Waals surface area contributed by atoms with Crippen LogP contribution >= 0.6 is 11.8 Å². The van der Waals surface area contributed by atoms with Gasteiger partial charge in [0.15, 0.2) is 0 Å². The van der Waals surface area contributed by atoms with Crippen molar-refractivity contribution in [2.24, 2.45) is 0 Å². The molecule has 0 amide bonds. The lowest BCUT2D eigenvalue weighted by atomic mass is 10.1. The van der Waals surface area contributed by atoms with Crippen molar-refractivity contribution >= 4 is 17.4 Å². The van der Waals surface area contributed by atoms with Crippen LogP contribution in [0.4, 0.5) is 5.69 Å². The smallest absolute Gasteiger partial charge is 0.269 e. The van der Waals surface area contributed by atoms with Crippen molar-refractivity contribution in [3.05, 3.63) is 69.8 Å². The second kappa shape index (κ2) is 5.03. The fourth-order valence-corrected chi connectivity index (χ4v) is 3.26. The van der Waals surface area contributed by atoms with Crippen LogP contribution in [-0.4, -0.2) is 4.92 Å². The summed E-state index contributed by atoms with van der Waals surface area (Å²) in [7, 11) is 0. The molecule has 0 aliphatic carbocycles. The van der Waals surface area contributed by atoms with Gasteiger partial charge >= 0.3 is 0 Å². The standard InChI is InChI=1S/C14H12N2O2S/c17-16(18)12-7-5-10(6-8-12)14-15-9-11-3-1-2-4-13(11)19-14/h1-8,14-15H,9H2. The molecule has 0 spiro atoms. The van der Waals surface area contributed by atoms with Crippen LogP contribution in [0.15, 0.2) is 53.4 Å². The highest BCUT2D eigenvalue weighted by molar-refractivity contribution is 7.99. The molecule has 1 unspecified atom stereocenters. The number of nitro groups is 1. The fraction of sp³-hybridized carbons (Fsp3) is 0.143. The van der Waals surface area contributed by atoms with Crippen LogP contribution in [0, 0.1) is 10.1 Å². The Balaban J connectivity index is 1.83. The number of hydrogen-bond donors (Lipinski definition) is 1. The molecule has 1 aliphatic heterocycles. The van der Waals surface area contributed by atoms with Crippen molar-refractivity contribution in [1.29, 1.82) is 0 Å². The maximum absolute atomic E-state index is 10.6. The molecule has 5 heteroatoms. The zero-order valence-electron chi connectivity index (χ0n) is 10.1. The number of benzene rings is 2. The molecule has 3 rings (SSSR count). The first-order valence-corrected chi connectivity index (χ1v) is 6.84. The van der Waals surface area contributed by atoms with Gasteiger partial charge in [0.1, 0.15) is 0 Å². The normalized spacial score (nSPS) is 17.8. The number of fused-ring (bicyclic) bond motifs is 1. The number of thioether (sulfide) groups is 1. The van der Waals surface area contributed by atoms with Gasteiger partial charge in [-0.25, -0.2) is 0 Å². The minimum Gasteiger partial charge on any atom is -0.297 e. The van der Waals surface area contributed by atoms with Crippen LogP contribution in [-0.2, 0) is 6.54 Å². The molecule has 96 valence electrons. The lowest BCUT2D eigenvalue weighted by Gasteiger charge is -2.25. The van der Waals surface area contributed by atoms with Crippen molar-refractivity contribution in [3.63, 3.8) is 0 Å². The summed E-state index contributed by atoms with van der Waals surface area (Å²) in [5, 5.41) is 14.2. The van der Waals surface area contributed by atoms with Gasteiger partial charge in [0.2, 0.25) is 0 Å². The molecule has 2 aromatic rings. The van der Waals surface area contributed by atoms with Gasteiger partial charge in [0.05, 0.1) is 10.3 Å². The number of nitrogens with one attached hydrogen (secondary N) is 1. The zero-order valence-corrected chi connectivity index (χ0v) is 10.9. The summed E-state index contributed by atoms with van der Waals surface area (Å²) >= 11 is 1.74. The number of nitro benzene ring substituents is 1. The molecule has 0 fully saturated rings. The minimum absolute atomic E-state index is 0.130. The molecule has 0 aromatic heterocycles. The molecule has 0 saturated carbocycles. The van der Waals surface area contributed by atoms with E-state index in [0.717, 1.165) is 12.1 Å². The Kier molecular flexibility index (Phi) is 3.23. The van der Waals surface area contributed by atoms with Crippen molar-refractivity contribution in [2.75, 3.05) is 0 Å². The lowest BCUT2D eigenvalue weighted by molar-refractivity contribution is -0.384. The first-order chi connectivity index (χ1) is 9.24. The zero-order chi connectivity index (χ0) is 13.2. The summed E-state index contributed by atoms with van der Waals surface area (Å²) in [4.78, 5) is 11.5. The van der Waals surface area contributed by atoms with Gasteiger partial charge in [-0.2, -0.15) is 0 Å². The van der Waals surface area contributed by atoms with Crippen molar-refractivity contribution < 1.29 is 4.92 Å². The fourth-order valence-electron chi connectivity index (χ4n) is 2.09. The van der Waals surface area contributed by atoms with Crippen LogP contribution < -0.4 is 5.32 Å². The van der Waals surface area contributed by atoms with Crippen LogP contribution in [0.3, 0.4) is 0 Å². The third-order valence-electron chi connectivity index (χ3n) is 3.10. The second-order valence-electron chi connectivity index (χ2n) is 4.34. The predicted octanol–water partition coefficient (Wildman–Crippen LogP) is 3.49. The van der Waals surface area contributed by atoms with Crippen molar-refractivity contribution in [2.45, 2.75) is 16.8 Å². The predicted molar refractivity (Wildman–Crippen MR) is 75.0 cm³/mol. The van der Waals surface area contributed by atoms with Gasteiger partial charge in [0.25, 0.3) is 5.69 Å². The minimum atomic E-state index is -0.374. The summed E-state index contributed by atoms with van der Waals surface area (Å²) in [5.41, 5.74) is 2.49. The Morgan fingerprint density at radius 3 is 2.63 bits per heavy atom. The molecule has 19 heavy (non-hydrogen) atoms. The van der Waals surface area contributed by atoms with E-state index in [1.54, 1.807) is 23.9 Å². The maximum atomic E-state index is 10.6. The largest absolute Gasteiger partial charge is 0.297 e. The monoisotopic (exact) mass is 272 g/mol. The van der Waals surface area contributed by atoms with Crippen molar-refractivity contribution in [1.82, 2.24) is 5.32 Å². The second-order valence-corrected chi connectivity index (χ2v) is 5.48. The molecule has 0 bridgehead atoms. The van der Waals surface area contributed by atoms with Crippen LogP contribution in [0.2, 0.25) is 0 Å². The topological polar surface area (TPSA) is 55.2 Å². The molecule has 1 atom stereocenters. The maximum Gasteiger partial charge on any atom is 0.269 e. The molecular weight excluding hydrogens is 260 g/mol. The average Bonchev–Trinajstić information content (AvgIpc) is 2.47. The third kappa shape index (κ3) is 2.47. The third-order valence-corrected chi connectivity index (χ3v) is 4.43. The number of nitrogens with zero attached hydrogens (tertiary/aromatic N) is 1.